The highest BCUT2D eigenvalue weighted by Crippen LogP contribution is 2.33. The van der Waals surface area contributed by atoms with Crippen LogP contribution in [-0.2, 0) is 12.6 Å². The van der Waals surface area contributed by atoms with E-state index in [4.69, 9.17) is 0 Å². The summed E-state index contributed by atoms with van der Waals surface area (Å²) in [6, 6.07) is 21.9. The Balaban J connectivity index is 1.33. The van der Waals surface area contributed by atoms with Crippen molar-refractivity contribution in [3.05, 3.63) is 102 Å². The molecular formula is C27H20F3N3O. The molecule has 4 nitrogen and oxygen atoms in total. The smallest absolute Gasteiger partial charge is 0.352 e. The molecule has 5 aromatic rings. The molecule has 0 aliphatic carbocycles. The third-order valence-corrected chi connectivity index (χ3v) is 5.89. The van der Waals surface area contributed by atoms with Crippen molar-refractivity contribution >= 4 is 27.7 Å². The maximum Gasteiger partial charge on any atom is 0.416 e. The van der Waals surface area contributed by atoms with E-state index in [0.29, 0.717) is 24.1 Å². The first-order chi connectivity index (χ1) is 16.4. The normalized spacial score (nSPS) is 11.7. The number of para-hydroxylation sites is 1. The fraction of sp³-hybridized carbons (Fsp3) is 0.111. The number of rotatable bonds is 5. The third kappa shape index (κ3) is 4.24. The van der Waals surface area contributed by atoms with Crippen molar-refractivity contribution in [2.24, 2.45) is 0 Å². The van der Waals surface area contributed by atoms with Gasteiger partial charge in [0.15, 0.2) is 0 Å². The summed E-state index contributed by atoms with van der Waals surface area (Å²) in [5.74, 6) is -0.182. The Hall–Kier alpha value is -4.13. The lowest BCUT2D eigenvalue weighted by Gasteiger charge is -2.11. The van der Waals surface area contributed by atoms with E-state index in [1.807, 2.05) is 42.5 Å². The molecule has 0 spiro atoms. The highest BCUT2D eigenvalue weighted by molar-refractivity contribution is 6.02. The number of amides is 1. The molecule has 2 N–H and O–H groups in total. The van der Waals surface area contributed by atoms with Crippen LogP contribution in [0.25, 0.3) is 32.9 Å². The number of nitrogens with one attached hydrogen (secondary N) is 2. The second-order valence-corrected chi connectivity index (χ2v) is 8.04. The first-order valence-electron chi connectivity index (χ1n) is 10.8. The van der Waals surface area contributed by atoms with Crippen molar-refractivity contribution in [1.29, 1.82) is 0 Å². The number of fused-ring (bicyclic) bond motifs is 2. The summed E-state index contributed by atoms with van der Waals surface area (Å²) in [6.07, 6.45) is -2.05. The summed E-state index contributed by atoms with van der Waals surface area (Å²) in [5, 5.41) is 4.66. The van der Waals surface area contributed by atoms with Crippen LogP contribution in [0.4, 0.5) is 13.2 Å². The van der Waals surface area contributed by atoms with Gasteiger partial charge in [0.2, 0.25) is 0 Å². The second kappa shape index (κ2) is 8.67. The van der Waals surface area contributed by atoms with Crippen molar-refractivity contribution in [2.45, 2.75) is 12.6 Å². The predicted molar refractivity (Wildman–Crippen MR) is 127 cm³/mol. The molecule has 0 radical (unpaired) electrons. The summed E-state index contributed by atoms with van der Waals surface area (Å²) < 4.78 is 38.7. The third-order valence-electron chi connectivity index (χ3n) is 5.89. The molecule has 7 heteroatoms. The number of nitrogens with zero attached hydrogens (tertiary/aromatic N) is 1. The van der Waals surface area contributed by atoms with E-state index in [-0.39, 0.29) is 5.91 Å². The van der Waals surface area contributed by atoms with Gasteiger partial charge in [-0.15, -0.1) is 0 Å². The van der Waals surface area contributed by atoms with Gasteiger partial charge in [0.05, 0.1) is 22.9 Å². The van der Waals surface area contributed by atoms with Crippen LogP contribution in [0.5, 0.6) is 0 Å². The molecule has 0 bridgehead atoms. The van der Waals surface area contributed by atoms with E-state index in [2.05, 4.69) is 15.3 Å². The van der Waals surface area contributed by atoms with Gasteiger partial charge < -0.3 is 10.3 Å². The molecule has 0 aliphatic heterocycles. The molecule has 170 valence electrons. The van der Waals surface area contributed by atoms with Crippen LogP contribution < -0.4 is 5.32 Å². The van der Waals surface area contributed by atoms with Gasteiger partial charge in [0.1, 0.15) is 0 Å². The van der Waals surface area contributed by atoms with Crippen LogP contribution in [-0.4, -0.2) is 22.4 Å². The Bertz CT molecular complexity index is 1490. The lowest BCUT2D eigenvalue weighted by Crippen LogP contribution is -2.25. The van der Waals surface area contributed by atoms with Crippen LogP contribution >= 0.6 is 0 Å². The number of carbonyl (C=O) groups is 1. The monoisotopic (exact) mass is 459 g/mol. The maximum atomic E-state index is 12.9. The number of hydrogen-bond donors (Lipinski definition) is 2. The number of halogens is 3. The van der Waals surface area contributed by atoms with E-state index in [0.717, 1.165) is 45.1 Å². The lowest BCUT2D eigenvalue weighted by atomic mass is 9.96. The van der Waals surface area contributed by atoms with Gasteiger partial charge in [-0.3, -0.25) is 4.79 Å². The Kier molecular flexibility index (Phi) is 5.53. The minimum Gasteiger partial charge on any atom is -0.352 e. The van der Waals surface area contributed by atoms with Gasteiger partial charge >= 0.3 is 6.18 Å². The van der Waals surface area contributed by atoms with Crippen molar-refractivity contribution in [3.8, 4) is 11.1 Å². The zero-order chi connectivity index (χ0) is 23.7. The highest BCUT2D eigenvalue weighted by atomic mass is 19.4. The van der Waals surface area contributed by atoms with Crippen LogP contribution in [0.3, 0.4) is 0 Å². The molecule has 0 unspecified atom stereocenters. The number of imidazole rings is 1. The van der Waals surface area contributed by atoms with Crippen LogP contribution in [0.15, 0.2) is 85.2 Å². The molecule has 1 heterocycles. The zero-order valence-electron chi connectivity index (χ0n) is 18.0. The first kappa shape index (κ1) is 21.7. The Morgan fingerprint density at radius 1 is 0.941 bits per heavy atom. The number of H-pyrrole nitrogens is 1. The fourth-order valence-corrected chi connectivity index (χ4v) is 4.16. The van der Waals surface area contributed by atoms with Gasteiger partial charge in [-0.25, -0.2) is 4.98 Å². The molecule has 0 fully saturated rings. The van der Waals surface area contributed by atoms with Crippen LogP contribution in [0, 0.1) is 0 Å². The molecule has 1 amide bonds. The molecule has 1 aromatic heterocycles. The minimum absolute atomic E-state index is 0.182. The molecule has 0 atom stereocenters. The van der Waals surface area contributed by atoms with Gasteiger partial charge in [-0.2, -0.15) is 13.2 Å². The van der Waals surface area contributed by atoms with E-state index >= 15 is 0 Å². The highest BCUT2D eigenvalue weighted by Gasteiger charge is 2.30. The quantitative estimate of drug-likeness (QED) is 0.321. The van der Waals surface area contributed by atoms with Crippen molar-refractivity contribution in [2.75, 3.05) is 6.54 Å². The Morgan fingerprint density at radius 2 is 1.74 bits per heavy atom. The molecule has 5 rings (SSSR count). The average molecular weight is 459 g/mol. The summed E-state index contributed by atoms with van der Waals surface area (Å²) >= 11 is 0. The molecule has 0 aliphatic rings. The maximum absolute atomic E-state index is 12.9. The summed E-state index contributed by atoms with van der Waals surface area (Å²) in [4.78, 5) is 20.1. The summed E-state index contributed by atoms with van der Waals surface area (Å²) in [5.41, 5.74) is 4.28. The average Bonchev–Trinajstić information content (AvgIpc) is 3.33. The van der Waals surface area contributed by atoms with E-state index < -0.39 is 11.7 Å². The SMILES string of the molecule is O=C(NCCc1cccc2nc[nH]c12)c1ccc2c(-c3ccc(C(F)(F)F)cc3)cccc2c1. The number of hydrogen-bond acceptors (Lipinski definition) is 2. The molecular weight excluding hydrogens is 439 g/mol. The van der Waals surface area contributed by atoms with Gasteiger partial charge in [-0.05, 0) is 64.2 Å². The Morgan fingerprint density at radius 3 is 2.53 bits per heavy atom. The van der Waals surface area contributed by atoms with Crippen molar-refractivity contribution in [1.82, 2.24) is 15.3 Å². The van der Waals surface area contributed by atoms with Crippen molar-refractivity contribution < 1.29 is 18.0 Å². The number of alkyl halides is 3. The van der Waals surface area contributed by atoms with Gasteiger partial charge in [0, 0.05) is 12.1 Å². The largest absolute Gasteiger partial charge is 0.416 e. The minimum atomic E-state index is -4.37. The van der Waals surface area contributed by atoms with Crippen LogP contribution in [0.1, 0.15) is 21.5 Å². The first-order valence-corrected chi connectivity index (χ1v) is 10.8. The standard InChI is InChI=1S/C27H20F3N3O/c28-27(29,30)21-10-7-17(8-11-21)22-5-1-4-19-15-20(9-12-23(19)22)26(34)31-14-13-18-3-2-6-24-25(18)33-16-32-24/h1-12,15-16H,13-14H2,(H,31,34)(H,32,33). The zero-order valence-corrected chi connectivity index (χ0v) is 18.0. The number of benzene rings is 4. The number of carbonyl (C=O) groups excluding carboxylic acids is 1. The van der Waals surface area contributed by atoms with E-state index in [1.165, 1.54) is 12.1 Å². The van der Waals surface area contributed by atoms with Gasteiger partial charge in [-0.1, -0.05) is 48.5 Å². The van der Waals surface area contributed by atoms with E-state index in [9.17, 15) is 18.0 Å². The fourth-order valence-electron chi connectivity index (χ4n) is 4.16. The number of aromatic amines is 1. The van der Waals surface area contributed by atoms with Crippen molar-refractivity contribution in [3.63, 3.8) is 0 Å². The van der Waals surface area contributed by atoms with E-state index in [1.54, 1.807) is 18.5 Å². The molecule has 0 saturated heterocycles. The Labute approximate surface area is 193 Å². The topological polar surface area (TPSA) is 57.8 Å². The second-order valence-electron chi connectivity index (χ2n) is 8.04. The molecule has 4 aromatic carbocycles. The lowest BCUT2D eigenvalue weighted by molar-refractivity contribution is -0.137. The van der Waals surface area contributed by atoms with Crippen LogP contribution in [0.2, 0.25) is 0 Å². The number of aromatic nitrogens is 2. The molecule has 0 saturated carbocycles. The predicted octanol–water partition coefficient (Wildman–Crippen LogP) is 6.37. The summed E-state index contributed by atoms with van der Waals surface area (Å²) in [7, 11) is 0. The molecule has 34 heavy (non-hydrogen) atoms. The summed E-state index contributed by atoms with van der Waals surface area (Å²) in [6.45, 7) is 0.473. The van der Waals surface area contributed by atoms with Gasteiger partial charge in [0.25, 0.3) is 5.91 Å².